The molecule has 1 amide bonds. The standard InChI is InChI=1S/C18H21F3N4O2/c1-10-8-11(2)27-15(10)17(26)22-16-12(3)25(24-23-16)9-13-4-6-14(7-5-13)18(19,20)21/h4-7,10-11,15H,8-9H2,1-3H3,(H,22,26). The van der Waals surface area contributed by atoms with Crippen molar-refractivity contribution in [2.45, 2.75) is 52.1 Å². The van der Waals surface area contributed by atoms with Gasteiger partial charge in [0.05, 0.1) is 23.9 Å². The number of nitrogens with one attached hydrogen (secondary N) is 1. The highest BCUT2D eigenvalue weighted by Gasteiger charge is 2.35. The number of aromatic nitrogens is 3. The lowest BCUT2D eigenvalue weighted by atomic mass is 10.0. The van der Waals surface area contributed by atoms with Crippen LogP contribution < -0.4 is 5.32 Å². The lowest BCUT2D eigenvalue weighted by Gasteiger charge is -2.14. The van der Waals surface area contributed by atoms with Gasteiger partial charge in [0.25, 0.3) is 5.91 Å². The highest BCUT2D eigenvalue weighted by molar-refractivity contribution is 5.94. The van der Waals surface area contributed by atoms with Gasteiger partial charge in [-0.3, -0.25) is 4.79 Å². The number of benzene rings is 1. The first-order chi connectivity index (χ1) is 12.6. The minimum atomic E-state index is -4.36. The lowest BCUT2D eigenvalue weighted by molar-refractivity contribution is -0.137. The number of nitrogens with zero attached hydrogens (tertiary/aromatic N) is 3. The highest BCUT2D eigenvalue weighted by Crippen LogP contribution is 2.29. The lowest BCUT2D eigenvalue weighted by Crippen LogP contribution is -2.32. The molecule has 3 unspecified atom stereocenters. The number of carbonyl (C=O) groups excluding carboxylic acids is 1. The number of rotatable bonds is 4. The second kappa shape index (κ2) is 7.30. The molecule has 0 saturated carbocycles. The molecule has 0 radical (unpaired) electrons. The van der Waals surface area contributed by atoms with Crippen LogP contribution in [0.4, 0.5) is 19.0 Å². The molecule has 1 saturated heterocycles. The minimum Gasteiger partial charge on any atom is -0.365 e. The third-order valence-electron chi connectivity index (χ3n) is 4.70. The molecule has 9 heteroatoms. The molecule has 1 N–H and O–H groups in total. The monoisotopic (exact) mass is 382 g/mol. The molecular formula is C18H21F3N4O2. The fraction of sp³-hybridized carbons (Fsp3) is 0.500. The summed E-state index contributed by atoms with van der Waals surface area (Å²) in [6.45, 7) is 5.87. The van der Waals surface area contributed by atoms with Crippen LogP contribution in [0.1, 0.15) is 37.1 Å². The van der Waals surface area contributed by atoms with E-state index in [0.717, 1.165) is 18.6 Å². The van der Waals surface area contributed by atoms with Crippen LogP contribution in [0.25, 0.3) is 0 Å². The molecule has 0 spiro atoms. The summed E-state index contributed by atoms with van der Waals surface area (Å²) in [5.74, 6) is 0.168. The normalized spacial score (nSPS) is 22.8. The number of halogens is 3. The van der Waals surface area contributed by atoms with Gasteiger partial charge in [0.15, 0.2) is 5.82 Å². The van der Waals surface area contributed by atoms with Crippen LogP contribution in [0.5, 0.6) is 0 Å². The first kappa shape index (κ1) is 19.3. The van der Waals surface area contributed by atoms with Gasteiger partial charge in [-0.2, -0.15) is 13.2 Å². The van der Waals surface area contributed by atoms with E-state index in [-0.39, 0.29) is 24.5 Å². The molecule has 27 heavy (non-hydrogen) atoms. The van der Waals surface area contributed by atoms with Gasteiger partial charge in [0.2, 0.25) is 0 Å². The van der Waals surface area contributed by atoms with Gasteiger partial charge in [-0.25, -0.2) is 4.68 Å². The summed E-state index contributed by atoms with van der Waals surface area (Å²) < 4.78 is 45.1. The molecule has 1 aromatic carbocycles. The molecule has 2 heterocycles. The van der Waals surface area contributed by atoms with Crippen LogP contribution in [0, 0.1) is 12.8 Å². The smallest absolute Gasteiger partial charge is 0.365 e. The number of amides is 1. The number of carbonyl (C=O) groups is 1. The summed E-state index contributed by atoms with van der Waals surface area (Å²) in [6, 6.07) is 4.86. The van der Waals surface area contributed by atoms with Crippen LogP contribution >= 0.6 is 0 Å². The maximum absolute atomic E-state index is 12.6. The average molecular weight is 382 g/mol. The van der Waals surface area contributed by atoms with Gasteiger partial charge in [-0.05, 0) is 43.9 Å². The zero-order chi connectivity index (χ0) is 19.8. The topological polar surface area (TPSA) is 69.0 Å². The van der Waals surface area contributed by atoms with Crippen molar-refractivity contribution in [3.63, 3.8) is 0 Å². The van der Waals surface area contributed by atoms with Gasteiger partial charge in [-0.15, -0.1) is 5.10 Å². The molecule has 6 nitrogen and oxygen atoms in total. The Labute approximate surface area is 154 Å². The predicted octanol–water partition coefficient (Wildman–Crippen LogP) is 3.41. The predicted molar refractivity (Wildman–Crippen MR) is 92.1 cm³/mol. The zero-order valence-electron chi connectivity index (χ0n) is 15.2. The van der Waals surface area contributed by atoms with Crippen LogP contribution in [0.3, 0.4) is 0 Å². The zero-order valence-corrected chi connectivity index (χ0v) is 15.2. The molecule has 1 aliphatic rings. The third kappa shape index (κ3) is 4.29. The fourth-order valence-corrected chi connectivity index (χ4v) is 3.19. The van der Waals surface area contributed by atoms with E-state index in [0.29, 0.717) is 17.1 Å². The molecule has 0 bridgehead atoms. The van der Waals surface area contributed by atoms with Crippen LogP contribution in [-0.4, -0.2) is 33.1 Å². The Bertz CT molecular complexity index is 817. The summed E-state index contributed by atoms with van der Waals surface area (Å²) in [7, 11) is 0. The second-order valence-corrected chi connectivity index (χ2v) is 6.95. The summed E-state index contributed by atoms with van der Waals surface area (Å²) in [5.41, 5.74) is 0.562. The van der Waals surface area contributed by atoms with Crippen molar-refractivity contribution in [2.24, 2.45) is 5.92 Å². The van der Waals surface area contributed by atoms with Crippen molar-refractivity contribution >= 4 is 11.7 Å². The number of alkyl halides is 3. The van der Waals surface area contributed by atoms with Gasteiger partial charge in [-0.1, -0.05) is 24.3 Å². The van der Waals surface area contributed by atoms with E-state index in [1.165, 1.54) is 16.8 Å². The van der Waals surface area contributed by atoms with Crippen LogP contribution in [0.15, 0.2) is 24.3 Å². The number of hydrogen-bond acceptors (Lipinski definition) is 4. The first-order valence-corrected chi connectivity index (χ1v) is 8.67. The number of ether oxygens (including phenoxy) is 1. The number of hydrogen-bond donors (Lipinski definition) is 1. The third-order valence-corrected chi connectivity index (χ3v) is 4.70. The first-order valence-electron chi connectivity index (χ1n) is 8.67. The molecule has 3 atom stereocenters. The molecule has 0 aliphatic carbocycles. The van der Waals surface area contributed by atoms with Crippen molar-refractivity contribution < 1.29 is 22.7 Å². The Morgan fingerprint density at radius 3 is 2.52 bits per heavy atom. The summed E-state index contributed by atoms with van der Waals surface area (Å²) in [6.07, 6.45) is -4.04. The average Bonchev–Trinajstić information content (AvgIpc) is 3.10. The van der Waals surface area contributed by atoms with E-state index >= 15 is 0 Å². The van der Waals surface area contributed by atoms with Crippen LogP contribution in [0.2, 0.25) is 0 Å². The fourth-order valence-electron chi connectivity index (χ4n) is 3.19. The molecule has 3 rings (SSSR count). The van der Waals surface area contributed by atoms with Crippen molar-refractivity contribution in [1.29, 1.82) is 0 Å². The highest BCUT2D eigenvalue weighted by atomic mass is 19.4. The van der Waals surface area contributed by atoms with Gasteiger partial charge in [0, 0.05) is 0 Å². The van der Waals surface area contributed by atoms with E-state index in [9.17, 15) is 18.0 Å². The molecule has 2 aromatic rings. The Morgan fingerprint density at radius 2 is 1.96 bits per heavy atom. The Morgan fingerprint density at radius 1 is 1.30 bits per heavy atom. The van der Waals surface area contributed by atoms with E-state index < -0.39 is 17.8 Å². The Kier molecular flexibility index (Phi) is 5.23. The van der Waals surface area contributed by atoms with Gasteiger partial charge >= 0.3 is 6.18 Å². The van der Waals surface area contributed by atoms with Gasteiger partial charge < -0.3 is 10.1 Å². The molecule has 146 valence electrons. The Hall–Kier alpha value is -2.42. The van der Waals surface area contributed by atoms with E-state index in [1.54, 1.807) is 6.92 Å². The summed E-state index contributed by atoms with van der Waals surface area (Å²) in [4.78, 5) is 12.4. The van der Waals surface area contributed by atoms with Crippen LogP contribution in [-0.2, 0) is 22.3 Å². The minimum absolute atomic E-state index is 0.0344. The summed E-state index contributed by atoms with van der Waals surface area (Å²) in [5, 5.41) is 10.7. The quantitative estimate of drug-likeness (QED) is 0.880. The van der Waals surface area contributed by atoms with Gasteiger partial charge in [0.1, 0.15) is 6.10 Å². The molecular weight excluding hydrogens is 361 g/mol. The van der Waals surface area contributed by atoms with E-state index in [4.69, 9.17) is 4.74 Å². The maximum atomic E-state index is 12.6. The summed E-state index contributed by atoms with van der Waals surface area (Å²) >= 11 is 0. The van der Waals surface area contributed by atoms with Crippen molar-refractivity contribution in [3.05, 3.63) is 41.1 Å². The maximum Gasteiger partial charge on any atom is 0.416 e. The van der Waals surface area contributed by atoms with E-state index in [2.05, 4.69) is 15.6 Å². The Balaban J connectivity index is 1.67. The molecule has 1 aromatic heterocycles. The van der Waals surface area contributed by atoms with Crippen molar-refractivity contribution in [3.8, 4) is 0 Å². The molecule has 1 aliphatic heterocycles. The van der Waals surface area contributed by atoms with Crippen molar-refractivity contribution in [2.75, 3.05) is 5.32 Å². The van der Waals surface area contributed by atoms with Crippen molar-refractivity contribution in [1.82, 2.24) is 15.0 Å². The SMILES string of the molecule is Cc1c(NC(=O)C2OC(C)CC2C)nnn1Cc1ccc(C(F)(F)F)cc1. The largest absolute Gasteiger partial charge is 0.416 e. The number of anilines is 1. The van der Waals surface area contributed by atoms with E-state index in [1.807, 2.05) is 13.8 Å². The molecule has 1 fully saturated rings. The second-order valence-electron chi connectivity index (χ2n) is 6.95.